The first kappa shape index (κ1) is 15.6. The van der Waals surface area contributed by atoms with Crippen LogP contribution in [0.15, 0.2) is 18.2 Å². The highest BCUT2D eigenvalue weighted by Crippen LogP contribution is 2.21. The molecule has 108 valence electrons. The molecule has 1 aromatic rings. The lowest BCUT2D eigenvalue weighted by Crippen LogP contribution is -2.51. The third kappa shape index (κ3) is 3.11. The smallest absolute Gasteiger partial charge is 0.329 e. The summed E-state index contributed by atoms with van der Waals surface area (Å²) in [6.07, 6.45) is 0.160. The van der Waals surface area contributed by atoms with Crippen molar-refractivity contribution in [3.63, 3.8) is 0 Å². The van der Waals surface area contributed by atoms with Gasteiger partial charge < -0.3 is 10.4 Å². The van der Waals surface area contributed by atoms with Crippen LogP contribution in [-0.2, 0) is 4.79 Å². The van der Waals surface area contributed by atoms with E-state index in [9.17, 15) is 19.7 Å². The van der Waals surface area contributed by atoms with Crippen LogP contribution in [-0.4, -0.2) is 27.4 Å². The van der Waals surface area contributed by atoms with Gasteiger partial charge in [0.2, 0.25) is 0 Å². The minimum Gasteiger partial charge on any atom is -0.480 e. The number of carboxylic acid groups (broad SMARTS) is 1. The molecule has 0 aromatic heterocycles. The lowest BCUT2D eigenvalue weighted by atomic mass is 9.98. The topological polar surface area (TPSA) is 110 Å². The number of carbonyl (C=O) groups is 2. The Hall–Kier alpha value is -2.44. The van der Waals surface area contributed by atoms with E-state index in [-0.39, 0.29) is 17.7 Å². The lowest BCUT2D eigenvalue weighted by molar-refractivity contribution is -0.385. The van der Waals surface area contributed by atoms with Crippen molar-refractivity contribution < 1.29 is 19.6 Å². The zero-order valence-corrected chi connectivity index (χ0v) is 11.5. The third-order valence-electron chi connectivity index (χ3n) is 3.16. The number of carboxylic acids is 1. The second-order valence-corrected chi connectivity index (χ2v) is 4.72. The van der Waals surface area contributed by atoms with Crippen LogP contribution in [0.4, 0.5) is 5.69 Å². The number of benzene rings is 1. The molecule has 0 saturated heterocycles. The monoisotopic (exact) mass is 280 g/mol. The number of hydrogen-bond donors (Lipinski definition) is 2. The van der Waals surface area contributed by atoms with Crippen LogP contribution in [0.2, 0.25) is 0 Å². The molecular formula is C13H16N2O5. The Morgan fingerprint density at radius 3 is 2.50 bits per heavy atom. The van der Waals surface area contributed by atoms with E-state index < -0.39 is 22.3 Å². The molecule has 2 N–H and O–H groups in total. The second kappa shape index (κ2) is 5.68. The molecule has 0 aliphatic heterocycles. The van der Waals surface area contributed by atoms with E-state index in [1.807, 2.05) is 0 Å². The number of aliphatic carboxylic acids is 1. The number of amides is 1. The van der Waals surface area contributed by atoms with Gasteiger partial charge in [0, 0.05) is 6.07 Å². The van der Waals surface area contributed by atoms with Gasteiger partial charge in [-0.25, -0.2) is 4.79 Å². The summed E-state index contributed by atoms with van der Waals surface area (Å²) in [7, 11) is 0. The van der Waals surface area contributed by atoms with Gasteiger partial charge in [-0.1, -0.05) is 13.0 Å². The maximum atomic E-state index is 12.1. The number of rotatable bonds is 5. The molecule has 1 amide bonds. The summed E-state index contributed by atoms with van der Waals surface area (Å²) in [5.41, 5.74) is -1.28. The minimum atomic E-state index is -1.46. The number of aryl methyl sites for hydroxylation is 1. The van der Waals surface area contributed by atoms with Gasteiger partial charge in [-0.3, -0.25) is 14.9 Å². The summed E-state index contributed by atoms with van der Waals surface area (Å²) in [5, 5.41) is 22.4. The van der Waals surface area contributed by atoms with Crippen LogP contribution in [0.1, 0.15) is 36.2 Å². The summed E-state index contributed by atoms with van der Waals surface area (Å²) < 4.78 is 0. The highest BCUT2D eigenvalue weighted by atomic mass is 16.6. The van der Waals surface area contributed by atoms with Crippen molar-refractivity contribution in [2.75, 3.05) is 0 Å². The van der Waals surface area contributed by atoms with Crippen LogP contribution in [0.5, 0.6) is 0 Å². The standard InChI is InChI=1S/C13H16N2O5/c1-4-13(3,12(17)18)14-11(16)9-7-8(2)5-6-10(9)15(19)20/h5-7H,4H2,1-3H3,(H,14,16)(H,17,18). The van der Waals surface area contributed by atoms with E-state index in [2.05, 4.69) is 5.32 Å². The molecule has 0 heterocycles. The van der Waals surface area contributed by atoms with Gasteiger partial charge in [-0.15, -0.1) is 0 Å². The van der Waals surface area contributed by atoms with Crippen molar-refractivity contribution in [1.82, 2.24) is 5.32 Å². The van der Waals surface area contributed by atoms with Gasteiger partial charge in [0.05, 0.1) is 4.92 Å². The molecule has 0 fully saturated rings. The predicted molar refractivity (Wildman–Crippen MR) is 71.6 cm³/mol. The molecular weight excluding hydrogens is 264 g/mol. The molecule has 0 radical (unpaired) electrons. The van der Waals surface area contributed by atoms with Gasteiger partial charge in [0.1, 0.15) is 11.1 Å². The molecule has 20 heavy (non-hydrogen) atoms. The fraction of sp³-hybridized carbons (Fsp3) is 0.385. The molecule has 7 heteroatoms. The first-order valence-electron chi connectivity index (χ1n) is 6.02. The lowest BCUT2D eigenvalue weighted by Gasteiger charge is -2.24. The first-order chi connectivity index (χ1) is 9.21. The van der Waals surface area contributed by atoms with E-state index in [1.54, 1.807) is 13.8 Å². The molecule has 0 saturated carbocycles. The summed E-state index contributed by atoms with van der Waals surface area (Å²) in [5.74, 6) is -1.96. The van der Waals surface area contributed by atoms with Gasteiger partial charge in [-0.05, 0) is 31.9 Å². The Balaban J connectivity index is 3.18. The number of nitro benzene ring substituents is 1. The molecule has 7 nitrogen and oxygen atoms in total. The summed E-state index contributed by atoms with van der Waals surface area (Å²) in [6, 6.07) is 4.12. The van der Waals surface area contributed by atoms with E-state index in [0.29, 0.717) is 5.56 Å². The average molecular weight is 280 g/mol. The van der Waals surface area contributed by atoms with Crippen molar-refractivity contribution in [2.24, 2.45) is 0 Å². The molecule has 1 atom stereocenters. The Morgan fingerprint density at radius 2 is 2.05 bits per heavy atom. The van der Waals surface area contributed by atoms with E-state index in [1.165, 1.54) is 25.1 Å². The van der Waals surface area contributed by atoms with Gasteiger partial charge in [0.15, 0.2) is 0 Å². The van der Waals surface area contributed by atoms with Crippen molar-refractivity contribution in [3.8, 4) is 0 Å². The highest BCUT2D eigenvalue weighted by molar-refractivity contribution is 6.01. The molecule has 1 rings (SSSR count). The van der Waals surface area contributed by atoms with Crippen LogP contribution in [0, 0.1) is 17.0 Å². The molecule has 0 spiro atoms. The maximum Gasteiger partial charge on any atom is 0.329 e. The highest BCUT2D eigenvalue weighted by Gasteiger charge is 2.34. The fourth-order valence-corrected chi connectivity index (χ4v) is 1.60. The summed E-state index contributed by atoms with van der Waals surface area (Å²) >= 11 is 0. The SMILES string of the molecule is CCC(C)(NC(=O)c1cc(C)ccc1[N+](=O)[O-])C(=O)O. The molecule has 0 aliphatic carbocycles. The van der Waals surface area contributed by atoms with Crippen LogP contribution in [0.25, 0.3) is 0 Å². The van der Waals surface area contributed by atoms with E-state index in [0.717, 1.165) is 0 Å². The zero-order chi connectivity index (χ0) is 15.5. The van der Waals surface area contributed by atoms with Gasteiger partial charge >= 0.3 is 5.97 Å². The predicted octanol–water partition coefficient (Wildman–Crippen LogP) is 1.89. The maximum absolute atomic E-state index is 12.1. The Bertz CT molecular complexity index is 570. The van der Waals surface area contributed by atoms with Crippen molar-refractivity contribution >= 4 is 17.6 Å². The summed E-state index contributed by atoms with van der Waals surface area (Å²) in [4.78, 5) is 33.5. The number of nitrogens with zero attached hydrogens (tertiary/aromatic N) is 1. The fourth-order valence-electron chi connectivity index (χ4n) is 1.60. The van der Waals surface area contributed by atoms with Crippen LogP contribution < -0.4 is 5.32 Å². The van der Waals surface area contributed by atoms with Gasteiger partial charge in [0.25, 0.3) is 11.6 Å². The normalized spacial score (nSPS) is 13.3. The largest absolute Gasteiger partial charge is 0.480 e. The molecule has 0 aliphatic rings. The quantitative estimate of drug-likeness (QED) is 0.632. The molecule has 1 unspecified atom stereocenters. The number of hydrogen-bond acceptors (Lipinski definition) is 4. The molecule has 0 bridgehead atoms. The Morgan fingerprint density at radius 1 is 1.45 bits per heavy atom. The molecule has 1 aromatic carbocycles. The van der Waals surface area contributed by atoms with Crippen molar-refractivity contribution in [3.05, 3.63) is 39.4 Å². The van der Waals surface area contributed by atoms with Gasteiger partial charge in [-0.2, -0.15) is 0 Å². The number of carbonyl (C=O) groups excluding carboxylic acids is 1. The van der Waals surface area contributed by atoms with Crippen LogP contribution in [0.3, 0.4) is 0 Å². The minimum absolute atomic E-state index is 0.143. The van der Waals surface area contributed by atoms with E-state index >= 15 is 0 Å². The number of nitrogens with one attached hydrogen (secondary N) is 1. The third-order valence-corrected chi connectivity index (χ3v) is 3.16. The number of nitro groups is 1. The van der Waals surface area contributed by atoms with Crippen LogP contribution >= 0.6 is 0 Å². The second-order valence-electron chi connectivity index (χ2n) is 4.72. The Kier molecular flexibility index (Phi) is 4.44. The summed E-state index contributed by atoms with van der Waals surface area (Å²) in [6.45, 7) is 4.66. The zero-order valence-electron chi connectivity index (χ0n) is 11.5. The van der Waals surface area contributed by atoms with Crippen molar-refractivity contribution in [1.29, 1.82) is 0 Å². The Labute approximate surface area is 115 Å². The van der Waals surface area contributed by atoms with E-state index in [4.69, 9.17) is 5.11 Å². The first-order valence-corrected chi connectivity index (χ1v) is 6.02. The van der Waals surface area contributed by atoms with Crippen molar-refractivity contribution in [2.45, 2.75) is 32.7 Å². The average Bonchev–Trinajstić information content (AvgIpc) is 2.37.